The van der Waals surface area contributed by atoms with Gasteiger partial charge < -0.3 is 4.90 Å². The minimum Gasteiger partial charge on any atom is -0.331 e. The highest BCUT2D eigenvalue weighted by atomic mass is 32.2. The summed E-state index contributed by atoms with van der Waals surface area (Å²) in [5.41, 5.74) is 2.27. The first-order chi connectivity index (χ1) is 14.9. The third-order valence-electron chi connectivity index (χ3n) is 6.60. The minimum absolute atomic E-state index is 0.0511. The fourth-order valence-electron chi connectivity index (χ4n) is 5.06. The van der Waals surface area contributed by atoms with Gasteiger partial charge in [0, 0.05) is 24.7 Å². The molecule has 2 aromatic carbocycles. The molecule has 2 atom stereocenters. The molecular formula is C24H25N3O3S. The maximum absolute atomic E-state index is 13.5. The standard InChI is InChI=1S/C24H25N3O3S/c1-26-23(16-22(25-26)17-8-4-2-5-9-17)24(28)27-18-12-13-19(27)15-21(14-18)31(29,30)20-10-6-3-7-11-20/h2-11,16,18-19,21H,12-15H2,1H3. The van der Waals surface area contributed by atoms with Gasteiger partial charge in [-0.1, -0.05) is 48.5 Å². The first kappa shape index (κ1) is 20.0. The Morgan fingerprint density at radius 2 is 1.52 bits per heavy atom. The van der Waals surface area contributed by atoms with Crippen molar-refractivity contribution in [1.82, 2.24) is 14.7 Å². The lowest BCUT2D eigenvalue weighted by molar-refractivity contribution is 0.0587. The van der Waals surface area contributed by atoms with Crippen LogP contribution in [0, 0.1) is 0 Å². The zero-order chi connectivity index (χ0) is 21.6. The molecule has 1 amide bonds. The summed E-state index contributed by atoms with van der Waals surface area (Å²) >= 11 is 0. The van der Waals surface area contributed by atoms with E-state index in [1.807, 2.05) is 47.4 Å². The van der Waals surface area contributed by atoms with Crippen molar-refractivity contribution < 1.29 is 13.2 Å². The van der Waals surface area contributed by atoms with Crippen molar-refractivity contribution in [3.8, 4) is 11.3 Å². The van der Waals surface area contributed by atoms with Crippen LogP contribution in [0.3, 0.4) is 0 Å². The average Bonchev–Trinajstić information content (AvgIpc) is 3.31. The van der Waals surface area contributed by atoms with Crippen LogP contribution in [-0.4, -0.2) is 46.3 Å². The van der Waals surface area contributed by atoms with Crippen LogP contribution in [0.4, 0.5) is 0 Å². The molecule has 0 saturated carbocycles. The second-order valence-corrected chi connectivity index (χ2v) is 10.7. The van der Waals surface area contributed by atoms with E-state index < -0.39 is 15.1 Å². The molecule has 3 heterocycles. The van der Waals surface area contributed by atoms with Crippen LogP contribution in [0.25, 0.3) is 11.3 Å². The molecule has 2 unspecified atom stereocenters. The van der Waals surface area contributed by atoms with Crippen molar-refractivity contribution >= 4 is 15.7 Å². The molecule has 0 spiro atoms. The van der Waals surface area contributed by atoms with Gasteiger partial charge in [0.1, 0.15) is 5.69 Å². The molecule has 0 radical (unpaired) electrons. The van der Waals surface area contributed by atoms with Gasteiger partial charge in [0.05, 0.1) is 15.8 Å². The molecule has 7 heteroatoms. The number of aryl methyl sites for hydroxylation is 1. The van der Waals surface area contributed by atoms with E-state index in [1.54, 1.807) is 36.0 Å². The van der Waals surface area contributed by atoms with Gasteiger partial charge in [-0.3, -0.25) is 9.48 Å². The van der Waals surface area contributed by atoms with E-state index in [2.05, 4.69) is 5.10 Å². The van der Waals surface area contributed by atoms with Crippen molar-refractivity contribution in [2.45, 2.75) is 47.9 Å². The maximum Gasteiger partial charge on any atom is 0.272 e. The van der Waals surface area contributed by atoms with E-state index in [0.29, 0.717) is 23.4 Å². The lowest BCUT2D eigenvalue weighted by Gasteiger charge is -2.38. The Hall–Kier alpha value is -2.93. The van der Waals surface area contributed by atoms with Crippen LogP contribution in [0.1, 0.15) is 36.2 Å². The van der Waals surface area contributed by atoms with Gasteiger partial charge in [-0.05, 0) is 43.9 Å². The number of carbonyl (C=O) groups excluding carboxylic acids is 1. The van der Waals surface area contributed by atoms with Crippen LogP contribution >= 0.6 is 0 Å². The number of sulfone groups is 1. The molecule has 31 heavy (non-hydrogen) atoms. The molecule has 3 aromatic rings. The van der Waals surface area contributed by atoms with Crippen LogP contribution < -0.4 is 0 Å². The topological polar surface area (TPSA) is 72.3 Å². The predicted octanol–water partition coefficient (Wildman–Crippen LogP) is 3.70. The fourth-order valence-corrected chi connectivity index (χ4v) is 6.94. The Kier molecular flexibility index (Phi) is 4.93. The molecule has 2 bridgehead atoms. The molecule has 160 valence electrons. The van der Waals surface area contributed by atoms with Crippen molar-refractivity contribution in [2.75, 3.05) is 0 Å². The highest BCUT2D eigenvalue weighted by molar-refractivity contribution is 7.92. The third kappa shape index (κ3) is 3.47. The van der Waals surface area contributed by atoms with Crippen molar-refractivity contribution in [2.24, 2.45) is 7.05 Å². The summed E-state index contributed by atoms with van der Waals surface area (Å²) in [5, 5.41) is 4.09. The lowest BCUT2D eigenvalue weighted by Crippen LogP contribution is -2.50. The van der Waals surface area contributed by atoms with Gasteiger partial charge in [-0.25, -0.2) is 8.42 Å². The zero-order valence-electron chi connectivity index (χ0n) is 17.4. The van der Waals surface area contributed by atoms with Crippen molar-refractivity contribution in [1.29, 1.82) is 0 Å². The number of nitrogens with zero attached hydrogens (tertiary/aromatic N) is 3. The summed E-state index contributed by atoms with van der Waals surface area (Å²) in [6.45, 7) is 0. The van der Waals surface area contributed by atoms with Crippen LogP contribution in [0.5, 0.6) is 0 Å². The average molecular weight is 436 g/mol. The number of rotatable bonds is 4. The summed E-state index contributed by atoms with van der Waals surface area (Å²) in [6, 6.07) is 20.2. The van der Waals surface area contributed by atoms with Crippen LogP contribution in [-0.2, 0) is 16.9 Å². The SMILES string of the molecule is Cn1nc(-c2ccccc2)cc1C(=O)N1C2CCC1CC(S(=O)(=O)c1ccccc1)C2. The number of aromatic nitrogens is 2. The summed E-state index contributed by atoms with van der Waals surface area (Å²) in [5.74, 6) is -0.0553. The van der Waals surface area contributed by atoms with E-state index in [-0.39, 0.29) is 18.0 Å². The number of amides is 1. The number of piperidine rings is 1. The third-order valence-corrected chi connectivity index (χ3v) is 8.80. The number of hydrogen-bond acceptors (Lipinski definition) is 4. The van der Waals surface area contributed by atoms with Crippen molar-refractivity contribution in [3.05, 3.63) is 72.4 Å². The smallest absolute Gasteiger partial charge is 0.272 e. The molecule has 2 aliphatic rings. The molecule has 2 fully saturated rings. The second kappa shape index (κ2) is 7.64. The van der Waals surface area contributed by atoms with Gasteiger partial charge >= 0.3 is 0 Å². The monoisotopic (exact) mass is 435 g/mol. The Morgan fingerprint density at radius 3 is 2.13 bits per heavy atom. The quantitative estimate of drug-likeness (QED) is 0.627. The summed E-state index contributed by atoms with van der Waals surface area (Å²) in [6.07, 6.45) is 2.67. The van der Waals surface area contributed by atoms with Crippen molar-refractivity contribution in [3.63, 3.8) is 0 Å². The largest absolute Gasteiger partial charge is 0.331 e. The Labute approximate surface area is 182 Å². The number of carbonyl (C=O) groups is 1. The van der Waals surface area contributed by atoms with Gasteiger partial charge in [0.25, 0.3) is 5.91 Å². The summed E-state index contributed by atoms with van der Waals surface area (Å²) in [4.78, 5) is 15.8. The second-order valence-electron chi connectivity index (χ2n) is 8.45. The van der Waals surface area contributed by atoms with E-state index >= 15 is 0 Å². The van der Waals surface area contributed by atoms with E-state index in [9.17, 15) is 13.2 Å². The lowest BCUT2D eigenvalue weighted by atomic mass is 10.0. The van der Waals surface area contributed by atoms with Gasteiger partial charge in [-0.2, -0.15) is 5.10 Å². The number of fused-ring (bicyclic) bond motifs is 2. The summed E-state index contributed by atoms with van der Waals surface area (Å²) < 4.78 is 27.9. The molecule has 6 nitrogen and oxygen atoms in total. The highest BCUT2D eigenvalue weighted by Gasteiger charge is 2.47. The zero-order valence-corrected chi connectivity index (χ0v) is 18.2. The van der Waals surface area contributed by atoms with E-state index in [0.717, 1.165) is 24.1 Å². The predicted molar refractivity (Wildman–Crippen MR) is 118 cm³/mol. The minimum atomic E-state index is -3.40. The molecule has 0 aliphatic carbocycles. The van der Waals surface area contributed by atoms with Gasteiger partial charge in [0.2, 0.25) is 0 Å². The van der Waals surface area contributed by atoms with Crippen LogP contribution in [0.15, 0.2) is 71.6 Å². The Balaban J connectivity index is 1.39. The Morgan fingerprint density at radius 1 is 0.935 bits per heavy atom. The molecule has 5 rings (SSSR count). The molecule has 1 aromatic heterocycles. The molecule has 2 saturated heterocycles. The van der Waals surface area contributed by atoms with E-state index in [4.69, 9.17) is 0 Å². The van der Waals surface area contributed by atoms with Crippen LogP contribution in [0.2, 0.25) is 0 Å². The summed E-state index contributed by atoms with van der Waals surface area (Å²) in [7, 11) is -1.61. The number of hydrogen-bond donors (Lipinski definition) is 0. The molecule has 2 aliphatic heterocycles. The fraction of sp³-hybridized carbons (Fsp3) is 0.333. The normalized spacial score (nSPS) is 23.1. The highest BCUT2D eigenvalue weighted by Crippen LogP contribution is 2.40. The Bertz CT molecular complexity index is 1190. The number of benzene rings is 2. The first-order valence-corrected chi connectivity index (χ1v) is 12.2. The van der Waals surface area contributed by atoms with Gasteiger partial charge in [-0.15, -0.1) is 0 Å². The van der Waals surface area contributed by atoms with Gasteiger partial charge in [0.15, 0.2) is 9.84 Å². The first-order valence-electron chi connectivity index (χ1n) is 10.7. The maximum atomic E-state index is 13.5. The molecular weight excluding hydrogens is 410 g/mol. The molecule has 0 N–H and O–H groups in total. The van der Waals surface area contributed by atoms with E-state index in [1.165, 1.54) is 0 Å².